The van der Waals surface area contributed by atoms with Gasteiger partial charge in [-0.3, -0.25) is 0 Å². The van der Waals surface area contributed by atoms with Gasteiger partial charge in [0.25, 0.3) is 0 Å². The quantitative estimate of drug-likeness (QED) is 0.547. The van der Waals surface area contributed by atoms with E-state index in [9.17, 15) is 4.39 Å². The molecule has 0 bridgehead atoms. The molecule has 0 N–H and O–H groups in total. The molecule has 0 amide bonds. The molecular formula is C19H20BClFNO2. The van der Waals surface area contributed by atoms with Gasteiger partial charge in [0.2, 0.25) is 0 Å². The highest BCUT2D eigenvalue weighted by Crippen LogP contribution is 2.39. The van der Waals surface area contributed by atoms with Crippen molar-refractivity contribution in [3.8, 4) is 11.3 Å². The zero-order chi connectivity index (χ0) is 18.2. The molecule has 130 valence electrons. The van der Waals surface area contributed by atoms with Crippen LogP contribution in [0.15, 0.2) is 48.2 Å². The predicted octanol–water partition coefficient (Wildman–Crippen LogP) is 5.34. The van der Waals surface area contributed by atoms with Gasteiger partial charge in [-0.05, 0) is 57.5 Å². The van der Waals surface area contributed by atoms with Gasteiger partial charge >= 0.3 is 7.12 Å². The summed E-state index contributed by atoms with van der Waals surface area (Å²) in [6.07, 6.45) is 1.43. The van der Waals surface area contributed by atoms with E-state index >= 15 is 0 Å². The van der Waals surface area contributed by atoms with Crippen molar-refractivity contribution < 1.29 is 13.7 Å². The summed E-state index contributed by atoms with van der Waals surface area (Å²) in [5.41, 5.74) is 0.684. The minimum Gasteiger partial charge on any atom is -0.398 e. The maximum absolute atomic E-state index is 14.7. The molecule has 2 aromatic rings. The van der Waals surface area contributed by atoms with Gasteiger partial charge in [-0.1, -0.05) is 35.9 Å². The van der Waals surface area contributed by atoms with Crippen LogP contribution in [0.5, 0.6) is 0 Å². The molecule has 25 heavy (non-hydrogen) atoms. The number of rotatable bonds is 3. The van der Waals surface area contributed by atoms with Crippen LogP contribution in [0.4, 0.5) is 4.39 Å². The minimum atomic E-state index is -1.00. The Labute approximate surface area is 153 Å². The van der Waals surface area contributed by atoms with Gasteiger partial charge in [-0.25, -0.2) is 9.37 Å². The van der Waals surface area contributed by atoms with Crippen LogP contribution in [0.3, 0.4) is 0 Å². The molecule has 1 aliphatic heterocycles. The van der Waals surface area contributed by atoms with Gasteiger partial charge in [0.15, 0.2) is 0 Å². The summed E-state index contributed by atoms with van der Waals surface area (Å²) < 4.78 is 26.1. The van der Waals surface area contributed by atoms with E-state index in [1.165, 1.54) is 6.08 Å². The highest BCUT2D eigenvalue weighted by molar-refractivity contribution is 6.54. The van der Waals surface area contributed by atoms with Gasteiger partial charge in [0, 0.05) is 5.56 Å². The fourth-order valence-electron chi connectivity index (χ4n) is 2.54. The third kappa shape index (κ3) is 3.79. The first-order chi connectivity index (χ1) is 11.7. The van der Waals surface area contributed by atoms with Crippen molar-refractivity contribution >= 4 is 24.8 Å². The summed E-state index contributed by atoms with van der Waals surface area (Å²) in [5.74, 6) is 0. The third-order valence-electron chi connectivity index (χ3n) is 4.68. The van der Waals surface area contributed by atoms with Gasteiger partial charge in [-0.15, -0.1) is 0 Å². The van der Waals surface area contributed by atoms with Crippen molar-refractivity contribution in [3.63, 3.8) is 0 Å². The molecule has 1 saturated heterocycles. The molecule has 1 aromatic heterocycles. The van der Waals surface area contributed by atoms with Crippen molar-refractivity contribution in [2.24, 2.45) is 0 Å². The fraction of sp³-hybridized carbons (Fsp3) is 0.316. The Bertz CT molecular complexity index is 807. The lowest BCUT2D eigenvalue weighted by Gasteiger charge is -2.32. The van der Waals surface area contributed by atoms with E-state index in [1.807, 2.05) is 64.1 Å². The van der Waals surface area contributed by atoms with E-state index in [1.54, 1.807) is 6.07 Å². The van der Waals surface area contributed by atoms with E-state index in [4.69, 9.17) is 20.9 Å². The van der Waals surface area contributed by atoms with Crippen LogP contribution in [0.1, 0.15) is 33.3 Å². The summed E-state index contributed by atoms with van der Waals surface area (Å²) in [5, 5.41) is 0.418. The van der Waals surface area contributed by atoms with Crippen LogP contribution in [0, 0.1) is 0 Å². The maximum atomic E-state index is 14.7. The second kappa shape index (κ2) is 6.56. The summed E-state index contributed by atoms with van der Waals surface area (Å²) in [6, 6.07) is 12.8. The van der Waals surface area contributed by atoms with Gasteiger partial charge in [0.1, 0.15) is 10.9 Å². The van der Waals surface area contributed by atoms with Crippen LogP contribution >= 0.6 is 11.6 Å². The number of benzene rings is 1. The average Bonchev–Trinajstić information content (AvgIpc) is 2.76. The molecule has 2 heterocycles. The van der Waals surface area contributed by atoms with Crippen LogP contribution < -0.4 is 0 Å². The Morgan fingerprint density at radius 2 is 1.72 bits per heavy atom. The summed E-state index contributed by atoms with van der Waals surface area (Å²) in [4.78, 5) is 4.28. The summed E-state index contributed by atoms with van der Waals surface area (Å²) >= 11 is 5.94. The lowest BCUT2D eigenvalue weighted by atomic mass is 9.86. The lowest BCUT2D eigenvalue weighted by Crippen LogP contribution is -2.41. The van der Waals surface area contributed by atoms with Gasteiger partial charge in [0.05, 0.1) is 16.9 Å². The topological polar surface area (TPSA) is 31.4 Å². The Balaban J connectivity index is 1.86. The zero-order valence-electron chi connectivity index (χ0n) is 14.7. The van der Waals surface area contributed by atoms with Crippen molar-refractivity contribution in [3.05, 3.63) is 58.9 Å². The Morgan fingerprint density at radius 1 is 1.08 bits per heavy atom. The standard InChI is InChI=1S/C19H20BClFNO2/c1-18(2)19(3,4)25-20(24-18)16(22)12-13-7-5-8-14(11-13)15-9-6-10-17(21)23-15/h5-12H,1-4H3. The fourth-order valence-corrected chi connectivity index (χ4v) is 2.70. The molecule has 0 aliphatic carbocycles. The van der Waals surface area contributed by atoms with E-state index in [2.05, 4.69) is 4.98 Å². The molecular weight excluding hydrogens is 339 g/mol. The van der Waals surface area contributed by atoms with Crippen molar-refractivity contribution in [2.45, 2.75) is 38.9 Å². The second-order valence-electron chi connectivity index (χ2n) is 7.09. The molecule has 6 heteroatoms. The highest BCUT2D eigenvalue weighted by atomic mass is 35.5. The zero-order valence-corrected chi connectivity index (χ0v) is 15.5. The largest absolute Gasteiger partial charge is 0.525 e. The van der Waals surface area contributed by atoms with Crippen molar-refractivity contribution in [1.82, 2.24) is 4.98 Å². The normalized spacial score (nSPS) is 19.3. The monoisotopic (exact) mass is 359 g/mol. The van der Waals surface area contributed by atoms with E-state index < -0.39 is 24.0 Å². The summed E-state index contributed by atoms with van der Waals surface area (Å²) in [7, 11) is -1.00. The minimum absolute atomic E-state index is 0.418. The molecule has 0 atom stereocenters. The average molecular weight is 360 g/mol. The Hall–Kier alpha value is -1.69. The molecule has 3 rings (SSSR count). The number of aromatic nitrogens is 1. The molecule has 0 unspecified atom stereocenters. The van der Waals surface area contributed by atoms with Crippen LogP contribution in [-0.2, 0) is 9.31 Å². The van der Waals surface area contributed by atoms with E-state index in [-0.39, 0.29) is 0 Å². The van der Waals surface area contributed by atoms with Gasteiger partial charge in [-0.2, -0.15) is 0 Å². The van der Waals surface area contributed by atoms with E-state index in [0.717, 1.165) is 11.3 Å². The van der Waals surface area contributed by atoms with Gasteiger partial charge < -0.3 is 9.31 Å². The van der Waals surface area contributed by atoms with Crippen molar-refractivity contribution in [1.29, 1.82) is 0 Å². The summed E-state index contributed by atoms with van der Waals surface area (Å²) in [6.45, 7) is 7.58. The smallest absolute Gasteiger partial charge is 0.398 e. The lowest BCUT2D eigenvalue weighted by molar-refractivity contribution is 0.00578. The molecule has 0 spiro atoms. The van der Waals surface area contributed by atoms with E-state index in [0.29, 0.717) is 10.7 Å². The molecule has 0 radical (unpaired) electrons. The van der Waals surface area contributed by atoms with Crippen LogP contribution in [0.25, 0.3) is 17.3 Å². The third-order valence-corrected chi connectivity index (χ3v) is 4.89. The number of pyridine rings is 1. The van der Waals surface area contributed by atoms with Crippen molar-refractivity contribution in [2.75, 3.05) is 0 Å². The molecule has 3 nitrogen and oxygen atoms in total. The molecule has 1 aromatic carbocycles. The number of nitrogens with zero attached hydrogens (tertiary/aromatic N) is 1. The molecule has 1 aliphatic rings. The highest BCUT2D eigenvalue weighted by Gasteiger charge is 2.53. The number of hydrogen-bond donors (Lipinski definition) is 0. The first-order valence-corrected chi connectivity index (χ1v) is 8.51. The van der Waals surface area contributed by atoms with Crippen LogP contribution in [-0.4, -0.2) is 23.3 Å². The number of hydrogen-bond acceptors (Lipinski definition) is 3. The Kier molecular flexibility index (Phi) is 4.75. The second-order valence-corrected chi connectivity index (χ2v) is 7.48. The Morgan fingerprint density at radius 3 is 2.36 bits per heavy atom. The molecule has 1 fully saturated rings. The first kappa shape index (κ1) is 18.1. The first-order valence-electron chi connectivity index (χ1n) is 8.14. The number of halogens is 2. The predicted molar refractivity (Wildman–Crippen MR) is 99.9 cm³/mol. The maximum Gasteiger partial charge on any atom is 0.525 e. The SMILES string of the molecule is CC1(C)OB(C(F)=Cc2cccc(-c3cccc(Cl)n3)c2)OC1(C)C. The molecule has 0 saturated carbocycles. The van der Waals surface area contributed by atoms with Crippen LogP contribution in [0.2, 0.25) is 5.15 Å².